The van der Waals surface area contributed by atoms with Crippen LogP contribution in [-0.2, 0) is 21.1 Å². The summed E-state index contributed by atoms with van der Waals surface area (Å²) in [5.74, 6) is 1.77. The Kier molecular flexibility index (Phi) is 4.69. The fourth-order valence-corrected chi connectivity index (χ4v) is 2.74. The summed E-state index contributed by atoms with van der Waals surface area (Å²) < 4.78 is 11.2. The quantitative estimate of drug-likeness (QED) is 0.692. The minimum atomic E-state index is 0. The second-order valence-electron chi connectivity index (χ2n) is 4.60. The number of rotatable bonds is 2. The molecule has 1 fully saturated rings. The van der Waals surface area contributed by atoms with Gasteiger partial charge in [0.1, 0.15) is 13.2 Å². The zero-order valence-electron chi connectivity index (χ0n) is 10.4. The Bertz CT molecular complexity index is 411. The monoisotopic (exact) mass is 416 g/mol. The van der Waals surface area contributed by atoms with Crippen molar-refractivity contribution in [3.05, 3.63) is 30.7 Å². The Balaban J connectivity index is 0.00000120. The van der Waals surface area contributed by atoms with Crippen LogP contribution < -0.4 is 9.47 Å². The van der Waals surface area contributed by atoms with Gasteiger partial charge < -0.3 is 21.3 Å². The summed E-state index contributed by atoms with van der Waals surface area (Å²) >= 11 is 0. The molecule has 2 heterocycles. The molecule has 0 N–H and O–H groups in total. The third kappa shape index (κ3) is 2.57. The van der Waals surface area contributed by atoms with Gasteiger partial charge in [0.05, 0.1) is 0 Å². The van der Waals surface area contributed by atoms with Crippen molar-refractivity contribution >= 4 is 0 Å². The fourth-order valence-electron chi connectivity index (χ4n) is 2.74. The molecule has 0 spiro atoms. The molecular formula is C14H18NO2W-. The van der Waals surface area contributed by atoms with Crippen molar-refractivity contribution < 1.29 is 30.5 Å². The summed E-state index contributed by atoms with van der Waals surface area (Å²) in [4.78, 5) is 2.42. The molecule has 0 amide bonds. The molecule has 3 nitrogen and oxygen atoms in total. The second kappa shape index (κ2) is 6.07. The van der Waals surface area contributed by atoms with Crippen LogP contribution in [0.15, 0.2) is 18.2 Å². The molecule has 1 atom stereocenters. The van der Waals surface area contributed by atoms with Crippen molar-refractivity contribution in [1.82, 2.24) is 4.90 Å². The van der Waals surface area contributed by atoms with Gasteiger partial charge >= 0.3 is 0 Å². The van der Waals surface area contributed by atoms with Crippen molar-refractivity contribution in [3.63, 3.8) is 0 Å². The van der Waals surface area contributed by atoms with Gasteiger partial charge in [-0.3, -0.25) is 0 Å². The van der Waals surface area contributed by atoms with E-state index in [0.717, 1.165) is 24.6 Å². The van der Waals surface area contributed by atoms with Gasteiger partial charge in [-0.1, -0.05) is 6.07 Å². The zero-order chi connectivity index (χ0) is 11.7. The van der Waals surface area contributed by atoms with E-state index in [1.165, 1.54) is 18.4 Å². The first-order valence-corrected chi connectivity index (χ1v) is 6.31. The molecule has 0 saturated carbocycles. The van der Waals surface area contributed by atoms with Gasteiger partial charge in [-0.2, -0.15) is 0 Å². The van der Waals surface area contributed by atoms with Crippen LogP contribution in [0.4, 0.5) is 0 Å². The van der Waals surface area contributed by atoms with Crippen LogP contribution in [0.3, 0.4) is 0 Å². The number of hydrogen-bond acceptors (Lipinski definition) is 3. The van der Waals surface area contributed by atoms with Gasteiger partial charge in [0.25, 0.3) is 0 Å². The van der Waals surface area contributed by atoms with Crippen molar-refractivity contribution in [3.8, 4) is 11.5 Å². The molecule has 3 rings (SSSR count). The molecule has 18 heavy (non-hydrogen) atoms. The van der Waals surface area contributed by atoms with E-state index in [1.807, 2.05) is 6.07 Å². The van der Waals surface area contributed by atoms with Gasteiger partial charge in [0, 0.05) is 27.1 Å². The average molecular weight is 416 g/mol. The van der Waals surface area contributed by atoms with Crippen LogP contribution in [0.25, 0.3) is 0 Å². The van der Waals surface area contributed by atoms with Crippen molar-refractivity contribution in [2.45, 2.75) is 18.9 Å². The summed E-state index contributed by atoms with van der Waals surface area (Å²) in [5.41, 5.74) is 1.33. The van der Waals surface area contributed by atoms with E-state index in [2.05, 4.69) is 24.0 Å². The molecular weight excluding hydrogens is 398 g/mol. The summed E-state index contributed by atoms with van der Waals surface area (Å²) in [6, 6.07) is 6.83. The molecule has 1 saturated heterocycles. The molecule has 2 aliphatic rings. The Morgan fingerprint density at radius 3 is 2.78 bits per heavy atom. The Labute approximate surface area is 123 Å². The minimum absolute atomic E-state index is 0. The van der Waals surface area contributed by atoms with Gasteiger partial charge in [0.15, 0.2) is 11.5 Å². The predicted molar refractivity (Wildman–Crippen MR) is 66.3 cm³/mol. The number of nitrogens with zero attached hydrogens (tertiary/aromatic N) is 1. The van der Waals surface area contributed by atoms with E-state index in [9.17, 15) is 0 Å². The van der Waals surface area contributed by atoms with Gasteiger partial charge in [0.2, 0.25) is 0 Å². The first kappa shape index (κ1) is 13.9. The molecule has 1 aromatic carbocycles. The van der Waals surface area contributed by atoms with Gasteiger partial charge in [-0.15, -0.1) is 6.54 Å². The maximum absolute atomic E-state index is 5.63. The maximum Gasteiger partial charge on any atom is 0.161 e. The summed E-state index contributed by atoms with van der Waals surface area (Å²) in [6.45, 7) is 7.34. The summed E-state index contributed by atoms with van der Waals surface area (Å²) in [6.07, 6.45) is 2.48. The van der Waals surface area contributed by atoms with E-state index < -0.39 is 0 Å². The average Bonchev–Trinajstić information content (AvgIpc) is 2.86. The van der Waals surface area contributed by atoms with Gasteiger partial charge in [-0.25, -0.2) is 0 Å². The molecule has 0 aliphatic carbocycles. The van der Waals surface area contributed by atoms with Crippen LogP contribution >= 0.6 is 0 Å². The normalized spacial score (nSPS) is 22.6. The first-order valence-electron chi connectivity index (χ1n) is 6.31. The van der Waals surface area contributed by atoms with Crippen LogP contribution in [0.2, 0.25) is 0 Å². The van der Waals surface area contributed by atoms with E-state index in [-0.39, 0.29) is 21.1 Å². The molecule has 1 aromatic rings. The van der Waals surface area contributed by atoms with E-state index in [0.29, 0.717) is 19.3 Å². The zero-order valence-corrected chi connectivity index (χ0v) is 13.4. The van der Waals surface area contributed by atoms with Crippen LogP contribution in [0, 0.1) is 6.92 Å². The number of likely N-dealkylation sites (tertiary alicyclic amines) is 1. The van der Waals surface area contributed by atoms with Crippen LogP contribution in [0.1, 0.15) is 24.4 Å². The molecule has 98 valence electrons. The Morgan fingerprint density at radius 2 is 2.00 bits per heavy atom. The Hall–Kier alpha value is -0.532. The molecule has 0 bridgehead atoms. The minimum Gasteiger partial charge on any atom is -0.486 e. The fraction of sp³-hybridized carbons (Fsp3) is 0.500. The smallest absolute Gasteiger partial charge is 0.161 e. The van der Waals surface area contributed by atoms with E-state index in [4.69, 9.17) is 9.47 Å². The second-order valence-corrected chi connectivity index (χ2v) is 4.60. The molecule has 1 unspecified atom stereocenters. The van der Waals surface area contributed by atoms with Crippen LogP contribution in [0.5, 0.6) is 11.5 Å². The Morgan fingerprint density at radius 1 is 1.22 bits per heavy atom. The third-order valence-corrected chi connectivity index (χ3v) is 3.60. The summed E-state index contributed by atoms with van der Waals surface area (Å²) in [5, 5.41) is 0. The molecule has 0 aromatic heterocycles. The van der Waals surface area contributed by atoms with Crippen molar-refractivity contribution in [2.24, 2.45) is 0 Å². The molecule has 2 aliphatic heterocycles. The molecule has 0 radical (unpaired) electrons. The van der Waals surface area contributed by atoms with E-state index >= 15 is 0 Å². The number of fused-ring (bicyclic) bond motifs is 1. The number of hydrogen-bond donors (Lipinski definition) is 0. The maximum atomic E-state index is 5.63. The first-order chi connectivity index (χ1) is 8.38. The van der Waals surface area contributed by atoms with Crippen molar-refractivity contribution in [1.29, 1.82) is 0 Å². The largest absolute Gasteiger partial charge is 0.486 e. The summed E-state index contributed by atoms with van der Waals surface area (Å²) in [7, 11) is 0. The van der Waals surface area contributed by atoms with Crippen molar-refractivity contribution in [2.75, 3.05) is 26.3 Å². The van der Waals surface area contributed by atoms with E-state index in [1.54, 1.807) is 0 Å². The topological polar surface area (TPSA) is 21.7 Å². The predicted octanol–water partition coefficient (Wildman–Crippen LogP) is 2.43. The standard InChI is InChI=1S/C14H18NO2.W/c1-2-15-7-3-4-12(15)11-5-6-13-14(10-11)17-9-8-16-13;/h5-6,10,12H,1-4,7-9H2;/q-1;. The number of ether oxygens (including phenoxy) is 2. The third-order valence-electron chi connectivity index (χ3n) is 3.60. The van der Waals surface area contributed by atoms with Crippen LogP contribution in [-0.4, -0.2) is 31.2 Å². The molecule has 4 heteroatoms. The van der Waals surface area contributed by atoms with Gasteiger partial charge in [-0.05, 0) is 37.1 Å². The SMILES string of the molecule is [CH2-]CN1CCCC1c1ccc2c(c1)OCCO2.[W]. The number of benzene rings is 1.